The van der Waals surface area contributed by atoms with Crippen LogP contribution in [0.15, 0.2) is 29.1 Å². The molecule has 2 aromatic rings. The summed E-state index contributed by atoms with van der Waals surface area (Å²) >= 11 is 0. The van der Waals surface area contributed by atoms with Crippen molar-refractivity contribution in [1.82, 2.24) is 20.0 Å². The molecule has 1 heterocycles. The van der Waals surface area contributed by atoms with Crippen molar-refractivity contribution in [2.24, 2.45) is 7.05 Å². The van der Waals surface area contributed by atoms with Crippen LogP contribution in [0.1, 0.15) is 17.4 Å². The van der Waals surface area contributed by atoms with Gasteiger partial charge in [0.05, 0.1) is 5.39 Å². The third kappa shape index (κ3) is 3.11. The second kappa shape index (κ2) is 6.05. The lowest BCUT2D eigenvalue weighted by Gasteiger charge is -2.20. The molecule has 0 spiro atoms. The van der Waals surface area contributed by atoms with Crippen molar-refractivity contribution in [3.63, 3.8) is 0 Å². The molecule has 0 saturated carbocycles. The van der Waals surface area contributed by atoms with Crippen molar-refractivity contribution < 1.29 is 4.79 Å². The molecule has 1 unspecified atom stereocenters. The molecule has 6 heteroatoms. The highest BCUT2D eigenvalue weighted by Gasteiger charge is 2.16. The summed E-state index contributed by atoms with van der Waals surface area (Å²) < 4.78 is 1.20. The average molecular weight is 288 g/mol. The summed E-state index contributed by atoms with van der Waals surface area (Å²) in [7, 11) is 5.46. The summed E-state index contributed by atoms with van der Waals surface area (Å²) in [4.78, 5) is 26.4. The van der Waals surface area contributed by atoms with Crippen LogP contribution in [-0.2, 0) is 7.05 Å². The van der Waals surface area contributed by atoms with E-state index in [-0.39, 0.29) is 23.2 Å². The highest BCUT2D eigenvalue weighted by atomic mass is 16.2. The number of likely N-dealkylation sites (N-methyl/N-ethyl adjacent to an activating group) is 1. The van der Waals surface area contributed by atoms with Crippen LogP contribution in [0.25, 0.3) is 10.8 Å². The average Bonchev–Trinajstić information content (AvgIpc) is 2.48. The molecular weight excluding hydrogens is 268 g/mol. The Balaban J connectivity index is 2.36. The van der Waals surface area contributed by atoms with Gasteiger partial charge in [-0.15, -0.1) is 0 Å². The molecule has 2 rings (SSSR count). The van der Waals surface area contributed by atoms with Crippen molar-refractivity contribution in [3.05, 3.63) is 40.3 Å². The van der Waals surface area contributed by atoms with Crippen molar-refractivity contribution >= 4 is 16.7 Å². The molecule has 1 aromatic carbocycles. The van der Waals surface area contributed by atoms with Crippen molar-refractivity contribution in [1.29, 1.82) is 0 Å². The SMILES string of the molecule is CC(CNC(=O)c1nn(C)c(=O)c2ccccc12)N(C)C. The Hall–Kier alpha value is -2.21. The molecule has 1 aromatic heterocycles. The van der Waals surface area contributed by atoms with Gasteiger partial charge in [-0.25, -0.2) is 4.68 Å². The predicted octanol–water partition coefficient (Wildman–Crippen LogP) is 0.613. The van der Waals surface area contributed by atoms with E-state index in [4.69, 9.17) is 0 Å². The number of fused-ring (bicyclic) bond motifs is 1. The summed E-state index contributed by atoms with van der Waals surface area (Å²) in [6.07, 6.45) is 0. The van der Waals surface area contributed by atoms with Gasteiger partial charge >= 0.3 is 0 Å². The van der Waals surface area contributed by atoms with E-state index in [0.29, 0.717) is 17.3 Å². The number of rotatable bonds is 4. The van der Waals surface area contributed by atoms with E-state index >= 15 is 0 Å². The third-order valence-corrected chi connectivity index (χ3v) is 3.61. The fourth-order valence-corrected chi connectivity index (χ4v) is 1.97. The predicted molar refractivity (Wildman–Crippen MR) is 82.5 cm³/mol. The maximum atomic E-state index is 12.3. The zero-order valence-electron chi connectivity index (χ0n) is 12.8. The van der Waals surface area contributed by atoms with E-state index in [9.17, 15) is 9.59 Å². The van der Waals surface area contributed by atoms with Gasteiger partial charge in [0.15, 0.2) is 5.69 Å². The monoisotopic (exact) mass is 288 g/mol. The first kappa shape index (κ1) is 15.2. The molecule has 0 aliphatic rings. The lowest BCUT2D eigenvalue weighted by molar-refractivity contribution is 0.0938. The molecule has 0 saturated heterocycles. The molecule has 1 N–H and O–H groups in total. The number of carbonyl (C=O) groups excluding carboxylic acids is 1. The summed E-state index contributed by atoms with van der Waals surface area (Å²) in [6.45, 7) is 2.54. The van der Waals surface area contributed by atoms with E-state index in [1.807, 2.05) is 25.9 Å². The number of amides is 1. The third-order valence-electron chi connectivity index (χ3n) is 3.61. The number of nitrogens with zero attached hydrogens (tertiary/aromatic N) is 3. The summed E-state index contributed by atoms with van der Waals surface area (Å²) in [5.41, 5.74) is 0.0717. The van der Waals surface area contributed by atoms with Gasteiger partial charge in [0.25, 0.3) is 11.5 Å². The summed E-state index contributed by atoms with van der Waals surface area (Å²) in [6, 6.07) is 7.24. The van der Waals surface area contributed by atoms with Crippen LogP contribution < -0.4 is 10.9 Å². The van der Waals surface area contributed by atoms with Crippen molar-refractivity contribution in [3.8, 4) is 0 Å². The Labute approximate surface area is 123 Å². The second-order valence-corrected chi connectivity index (χ2v) is 5.35. The highest BCUT2D eigenvalue weighted by Crippen LogP contribution is 2.12. The molecular formula is C15H20N4O2. The van der Waals surface area contributed by atoms with Gasteiger partial charge in [0.2, 0.25) is 0 Å². The van der Waals surface area contributed by atoms with Gasteiger partial charge < -0.3 is 10.2 Å². The van der Waals surface area contributed by atoms with Crippen molar-refractivity contribution in [2.75, 3.05) is 20.6 Å². The van der Waals surface area contributed by atoms with Gasteiger partial charge in [0, 0.05) is 25.0 Å². The molecule has 112 valence electrons. The Bertz CT molecular complexity index is 721. The van der Waals surface area contributed by atoms with Crippen LogP contribution in [0.5, 0.6) is 0 Å². The first-order chi connectivity index (χ1) is 9.91. The zero-order chi connectivity index (χ0) is 15.6. The standard InChI is InChI=1S/C15H20N4O2/c1-10(18(2)3)9-16-14(20)13-11-7-5-6-8-12(11)15(21)19(4)17-13/h5-8,10H,9H2,1-4H3,(H,16,20). The van der Waals surface area contributed by atoms with Gasteiger partial charge in [-0.05, 0) is 27.1 Å². The number of hydrogen-bond donors (Lipinski definition) is 1. The first-order valence-corrected chi connectivity index (χ1v) is 6.82. The quantitative estimate of drug-likeness (QED) is 0.895. The van der Waals surface area contributed by atoms with Gasteiger partial charge in [0.1, 0.15) is 0 Å². The maximum absolute atomic E-state index is 12.3. The second-order valence-electron chi connectivity index (χ2n) is 5.35. The Morgan fingerprint density at radius 1 is 1.33 bits per heavy atom. The molecule has 0 fully saturated rings. The molecule has 6 nitrogen and oxygen atoms in total. The van der Waals surface area contributed by atoms with Crippen LogP contribution >= 0.6 is 0 Å². The van der Waals surface area contributed by atoms with Gasteiger partial charge in [-0.2, -0.15) is 5.10 Å². The van der Waals surface area contributed by atoms with Gasteiger partial charge in [-0.3, -0.25) is 9.59 Å². The van der Waals surface area contributed by atoms with Crippen LogP contribution in [0.4, 0.5) is 0 Å². The summed E-state index contributed by atoms with van der Waals surface area (Å²) in [5.74, 6) is -0.268. The van der Waals surface area contributed by atoms with Crippen LogP contribution in [0.3, 0.4) is 0 Å². The van der Waals surface area contributed by atoms with Crippen molar-refractivity contribution in [2.45, 2.75) is 13.0 Å². The highest BCUT2D eigenvalue weighted by molar-refractivity contribution is 6.04. The van der Waals surface area contributed by atoms with Crippen LogP contribution in [-0.4, -0.2) is 47.3 Å². The topological polar surface area (TPSA) is 67.2 Å². The Kier molecular flexibility index (Phi) is 4.37. The minimum atomic E-state index is -0.268. The number of aryl methyl sites for hydroxylation is 1. The van der Waals surface area contributed by atoms with Gasteiger partial charge in [-0.1, -0.05) is 18.2 Å². The van der Waals surface area contributed by atoms with E-state index in [1.165, 1.54) is 4.68 Å². The number of aromatic nitrogens is 2. The minimum absolute atomic E-state index is 0.205. The normalized spacial score (nSPS) is 12.6. The molecule has 0 bridgehead atoms. The number of carbonyl (C=O) groups is 1. The maximum Gasteiger partial charge on any atom is 0.274 e. The number of benzene rings is 1. The fourth-order valence-electron chi connectivity index (χ4n) is 1.97. The van der Waals surface area contributed by atoms with Crippen LogP contribution in [0.2, 0.25) is 0 Å². The largest absolute Gasteiger partial charge is 0.349 e. The number of hydrogen-bond acceptors (Lipinski definition) is 4. The zero-order valence-corrected chi connectivity index (χ0v) is 12.8. The first-order valence-electron chi connectivity index (χ1n) is 6.82. The lowest BCUT2D eigenvalue weighted by Crippen LogP contribution is -2.39. The molecule has 21 heavy (non-hydrogen) atoms. The number of nitrogens with one attached hydrogen (secondary N) is 1. The minimum Gasteiger partial charge on any atom is -0.349 e. The fraction of sp³-hybridized carbons (Fsp3) is 0.400. The Morgan fingerprint density at radius 3 is 2.57 bits per heavy atom. The van der Waals surface area contributed by atoms with Crippen LogP contribution in [0, 0.1) is 0 Å². The molecule has 1 amide bonds. The molecule has 1 atom stereocenters. The smallest absolute Gasteiger partial charge is 0.274 e. The molecule has 0 radical (unpaired) electrons. The molecule has 0 aliphatic heterocycles. The molecule has 0 aliphatic carbocycles. The van der Waals surface area contributed by atoms with E-state index in [2.05, 4.69) is 10.4 Å². The lowest BCUT2D eigenvalue weighted by atomic mass is 10.1. The van der Waals surface area contributed by atoms with E-state index in [0.717, 1.165) is 0 Å². The van der Waals surface area contributed by atoms with E-state index < -0.39 is 0 Å². The van der Waals surface area contributed by atoms with E-state index in [1.54, 1.807) is 31.3 Å². The Morgan fingerprint density at radius 2 is 1.95 bits per heavy atom. The summed E-state index contributed by atoms with van der Waals surface area (Å²) in [5, 5.41) is 8.04.